The zero-order chi connectivity index (χ0) is 27.0. The van der Waals surface area contributed by atoms with Gasteiger partial charge < -0.3 is 25.4 Å². The number of fused-ring (bicyclic) bond motifs is 1. The lowest BCUT2D eigenvalue weighted by molar-refractivity contribution is -0.151. The monoisotopic (exact) mass is 513 g/mol. The van der Waals surface area contributed by atoms with Gasteiger partial charge in [-0.05, 0) is 51.0 Å². The first kappa shape index (κ1) is 27.6. The number of nitrogens with zero attached hydrogens (tertiary/aromatic N) is 1. The predicted octanol–water partition coefficient (Wildman–Crippen LogP) is 2.43. The van der Waals surface area contributed by atoms with Crippen LogP contribution in [0.25, 0.3) is 0 Å². The highest BCUT2D eigenvalue weighted by atomic mass is 16.5. The van der Waals surface area contributed by atoms with E-state index in [1.807, 2.05) is 58.0 Å². The Morgan fingerprint density at radius 1 is 1.19 bits per heavy atom. The number of aliphatic hydroxyl groups is 1. The van der Waals surface area contributed by atoms with Gasteiger partial charge in [0.2, 0.25) is 17.7 Å². The van der Waals surface area contributed by atoms with Crippen LogP contribution in [0, 0.1) is 17.8 Å². The van der Waals surface area contributed by atoms with E-state index < -0.39 is 35.1 Å². The van der Waals surface area contributed by atoms with Crippen LogP contribution < -0.4 is 10.6 Å². The summed E-state index contributed by atoms with van der Waals surface area (Å²) in [5.74, 6) is -2.22. The molecule has 4 unspecified atom stereocenters. The maximum atomic E-state index is 14.3. The highest BCUT2D eigenvalue weighted by molar-refractivity contribution is 5.99. The SMILES string of the molecule is CCCNC(=O)[C@@H]1[C@H]2C(=O)N([C@@H](CO)Cc3ccccc3)C(C(=O)NC(C)CCC)C23CC(C)[C@@]1(C)O3. The molecule has 0 aromatic heterocycles. The summed E-state index contributed by atoms with van der Waals surface area (Å²) in [6.45, 7) is 10.2. The van der Waals surface area contributed by atoms with Crippen LogP contribution in [0.15, 0.2) is 30.3 Å². The van der Waals surface area contributed by atoms with Gasteiger partial charge in [-0.3, -0.25) is 14.4 Å². The number of aliphatic hydroxyl groups excluding tert-OH is 1. The summed E-state index contributed by atoms with van der Waals surface area (Å²) in [5.41, 5.74) is -0.990. The average Bonchev–Trinajstić information content (AvgIpc) is 3.38. The standard InChI is InChI=1S/C29H43N3O5/c1-6-11-19(4)31-26(35)24-29-16-18(3)28(5,37-29)22(25(34)30-14-7-2)23(29)27(36)32(24)21(17-33)15-20-12-9-8-10-13-20/h8-10,12-13,18-19,21-24,33H,6-7,11,14-17H2,1-5H3,(H,30,34)(H,31,35)/t18?,19?,21-,22+,23+,24?,28-,29?/m1/s1. The Hall–Kier alpha value is -2.45. The number of ether oxygens (including phenoxy) is 1. The lowest BCUT2D eigenvalue weighted by Crippen LogP contribution is -2.59. The van der Waals surface area contributed by atoms with Crippen molar-refractivity contribution in [2.75, 3.05) is 13.2 Å². The van der Waals surface area contributed by atoms with Gasteiger partial charge in [0.25, 0.3) is 0 Å². The Morgan fingerprint density at radius 3 is 2.51 bits per heavy atom. The zero-order valence-corrected chi connectivity index (χ0v) is 22.8. The van der Waals surface area contributed by atoms with E-state index in [2.05, 4.69) is 17.6 Å². The molecule has 1 spiro atoms. The molecule has 3 heterocycles. The lowest BCUT2D eigenvalue weighted by Gasteiger charge is -2.37. The summed E-state index contributed by atoms with van der Waals surface area (Å²) >= 11 is 0. The maximum absolute atomic E-state index is 14.3. The van der Waals surface area contributed by atoms with Crippen LogP contribution in [0.3, 0.4) is 0 Å². The van der Waals surface area contributed by atoms with Crippen LogP contribution in [0.4, 0.5) is 0 Å². The third-order valence-electron chi connectivity index (χ3n) is 8.86. The molecule has 3 aliphatic rings. The molecule has 1 aromatic rings. The topological polar surface area (TPSA) is 108 Å². The molecule has 0 saturated carbocycles. The van der Waals surface area contributed by atoms with E-state index in [4.69, 9.17) is 4.74 Å². The summed E-state index contributed by atoms with van der Waals surface area (Å²) in [5, 5.41) is 16.6. The van der Waals surface area contributed by atoms with E-state index in [1.54, 1.807) is 4.90 Å². The van der Waals surface area contributed by atoms with Crippen LogP contribution >= 0.6 is 0 Å². The molecule has 3 N–H and O–H groups in total. The Kier molecular flexibility index (Phi) is 8.00. The second-order valence-corrected chi connectivity index (χ2v) is 11.5. The van der Waals surface area contributed by atoms with Gasteiger partial charge in [0.05, 0.1) is 30.1 Å². The molecule has 3 aliphatic heterocycles. The molecule has 2 bridgehead atoms. The number of hydrogen-bond donors (Lipinski definition) is 3. The number of likely N-dealkylation sites (tertiary alicyclic amines) is 1. The number of benzene rings is 1. The van der Waals surface area contributed by atoms with Crippen molar-refractivity contribution >= 4 is 17.7 Å². The van der Waals surface area contributed by atoms with Crippen molar-refractivity contribution in [1.29, 1.82) is 0 Å². The van der Waals surface area contributed by atoms with Crippen molar-refractivity contribution in [2.24, 2.45) is 17.8 Å². The van der Waals surface area contributed by atoms with Gasteiger partial charge in [0.1, 0.15) is 11.6 Å². The van der Waals surface area contributed by atoms with Gasteiger partial charge in [0, 0.05) is 12.6 Å². The van der Waals surface area contributed by atoms with Gasteiger partial charge in [-0.15, -0.1) is 0 Å². The minimum atomic E-state index is -1.11. The molecule has 8 atom stereocenters. The minimum Gasteiger partial charge on any atom is -0.394 e. The average molecular weight is 514 g/mol. The molecule has 0 aliphatic carbocycles. The molecule has 3 fully saturated rings. The van der Waals surface area contributed by atoms with Crippen LogP contribution in [0.1, 0.15) is 65.9 Å². The van der Waals surface area contributed by atoms with Crippen molar-refractivity contribution in [3.05, 3.63) is 35.9 Å². The second kappa shape index (κ2) is 10.7. The molecular weight excluding hydrogens is 470 g/mol. The largest absolute Gasteiger partial charge is 0.394 e. The molecule has 3 amide bonds. The summed E-state index contributed by atoms with van der Waals surface area (Å²) in [6, 6.07) is 8.06. The molecule has 0 radical (unpaired) electrons. The van der Waals surface area contributed by atoms with Gasteiger partial charge in [-0.25, -0.2) is 0 Å². The highest BCUT2D eigenvalue weighted by Gasteiger charge is 2.80. The first-order valence-corrected chi connectivity index (χ1v) is 13.9. The predicted molar refractivity (Wildman–Crippen MR) is 140 cm³/mol. The first-order chi connectivity index (χ1) is 17.6. The lowest BCUT2D eigenvalue weighted by atomic mass is 9.62. The third kappa shape index (κ3) is 4.56. The fraction of sp³-hybridized carbons (Fsp3) is 0.690. The molecule has 8 nitrogen and oxygen atoms in total. The van der Waals surface area contributed by atoms with Crippen molar-refractivity contribution in [3.63, 3.8) is 0 Å². The highest BCUT2D eigenvalue weighted by Crippen LogP contribution is 2.65. The fourth-order valence-electron chi connectivity index (χ4n) is 7.09. The number of rotatable bonds is 11. The summed E-state index contributed by atoms with van der Waals surface area (Å²) in [6.07, 6.45) is 3.43. The third-order valence-corrected chi connectivity index (χ3v) is 8.86. The van der Waals surface area contributed by atoms with E-state index in [9.17, 15) is 19.5 Å². The normalized spacial score (nSPS) is 33.8. The summed E-state index contributed by atoms with van der Waals surface area (Å²) in [7, 11) is 0. The van der Waals surface area contributed by atoms with Crippen LogP contribution in [-0.4, -0.2) is 70.2 Å². The molecule has 8 heteroatoms. The second-order valence-electron chi connectivity index (χ2n) is 11.5. The molecular formula is C29H43N3O5. The Labute approximate surface area is 220 Å². The zero-order valence-electron chi connectivity index (χ0n) is 22.8. The van der Waals surface area contributed by atoms with Crippen LogP contribution in [0.2, 0.25) is 0 Å². The summed E-state index contributed by atoms with van der Waals surface area (Å²) < 4.78 is 6.75. The van der Waals surface area contributed by atoms with Crippen molar-refractivity contribution in [3.8, 4) is 0 Å². The van der Waals surface area contributed by atoms with Gasteiger partial charge >= 0.3 is 0 Å². The fourth-order valence-corrected chi connectivity index (χ4v) is 7.09. The first-order valence-electron chi connectivity index (χ1n) is 13.9. The number of hydrogen-bond acceptors (Lipinski definition) is 5. The number of carbonyl (C=O) groups excluding carboxylic acids is 3. The molecule has 204 valence electrons. The van der Waals surface area contributed by atoms with E-state index >= 15 is 0 Å². The Bertz CT molecular complexity index is 1000. The number of amides is 3. The number of carbonyl (C=O) groups is 3. The van der Waals surface area contributed by atoms with E-state index in [0.29, 0.717) is 19.4 Å². The van der Waals surface area contributed by atoms with Gasteiger partial charge in [0.15, 0.2) is 0 Å². The van der Waals surface area contributed by atoms with Crippen LogP contribution in [-0.2, 0) is 25.5 Å². The van der Waals surface area contributed by atoms with Gasteiger partial charge in [-0.2, -0.15) is 0 Å². The van der Waals surface area contributed by atoms with Gasteiger partial charge in [-0.1, -0.05) is 57.5 Å². The minimum absolute atomic E-state index is 0.0149. The Balaban J connectivity index is 1.77. The molecule has 4 rings (SSSR count). The quantitative estimate of drug-likeness (QED) is 0.421. The van der Waals surface area contributed by atoms with Crippen molar-refractivity contribution in [1.82, 2.24) is 15.5 Å². The van der Waals surface area contributed by atoms with E-state index in [-0.39, 0.29) is 36.3 Å². The molecule has 3 saturated heterocycles. The number of nitrogens with one attached hydrogen (secondary N) is 2. The van der Waals surface area contributed by atoms with Crippen LogP contribution in [0.5, 0.6) is 0 Å². The molecule has 1 aromatic carbocycles. The molecule has 37 heavy (non-hydrogen) atoms. The van der Waals surface area contributed by atoms with Crippen molar-refractivity contribution in [2.45, 2.75) is 96.1 Å². The smallest absolute Gasteiger partial charge is 0.246 e. The van der Waals surface area contributed by atoms with E-state index in [0.717, 1.165) is 24.8 Å². The maximum Gasteiger partial charge on any atom is 0.246 e. The Morgan fingerprint density at radius 2 is 1.89 bits per heavy atom. The van der Waals surface area contributed by atoms with Crippen molar-refractivity contribution < 1.29 is 24.2 Å². The summed E-state index contributed by atoms with van der Waals surface area (Å²) in [4.78, 5) is 43.3. The van der Waals surface area contributed by atoms with E-state index in [1.165, 1.54) is 0 Å².